The van der Waals surface area contributed by atoms with E-state index in [9.17, 15) is 35.2 Å². The van der Waals surface area contributed by atoms with Gasteiger partial charge in [-0.2, -0.15) is 0 Å². The summed E-state index contributed by atoms with van der Waals surface area (Å²) in [6.07, 6.45) is -1.43. The van der Waals surface area contributed by atoms with Gasteiger partial charge in [0.25, 0.3) is 5.91 Å². The monoisotopic (exact) mass is 680 g/mol. The SMILES string of the molecule is Cc1cc(CN2CCCN(Cc3ccccc3)CCCN(Cc3cc(C)cc([N+](=O)C(O)CO)c3O)CC2)c(O)c(C(=O)NC(O)CO)c1. The summed E-state index contributed by atoms with van der Waals surface area (Å²) in [4.78, 5) is 32.3. The predicted octanol–water partition coefficient (Wildman–Crippen LogP) is 2.08. The summed E-state index contributed by atoms with van der Waals surface area (Å²) in [5.41, 5.74) is 3.70. The highest BCUT2D eigenvalue weighted by Crippen LogP contribution is 2.33. The largest absolute Gasteiger partial charge is 0.507 e. The number of phenolic OH excluding ortho intramolecular Hbond substituents is 2. The average molecular weight is 681 g/mol. The summed E-state index contributed by atoms with van der Waals surface area (Å²) in [6.45, 7) is 8.00. The minimum atomic E-state index is -1.70. The van der Waals surface area contributed by atoms with Crippen LogP contribution < -0.4 is 5.32 Å². The molecule has 13 nitrogen and oxygen atoms in total. The van der Waals surface area contributed by atoms with E-state index in [4.69, 9.17) is 5.11 Å². The number of nitrogens with one attached hydrogen (secondary N) is 1. The van der Waals surface area contributed by atoms with Crippen molar-refractivity contribution >= 4 is 11.6 Å². The van der Waals surface area contributed by atoms with Gasteiger partial charge in [0.2, 0.25) is 0 Å². The minimum Gasteiger partial charge on any atom is -0.507 e. The third-order valence-electron chi connectivity index (χ3n) is 8.70. The molecule has 13 heteroatoms. The first-order valence-electron chi connectivity index (χ1n) is 16.7. The van der Waals surface area contributed by atoms with Gasteiger partial charge in [-0.25, -0.2) is 0 Å². The molecule has 4 rings (SSSR count). The Morgan fingerprint density at radius 1 is 0.755 bits per heavy atom. The maximum absolute atomic E-state index is 12.8. The molecule has 0 aliphatic carbocycles. The van der Waals surface area contributed by atoms with Gasteiger partial charge in [-0.3, -0.25) is 19.5 Å². The van der Waals surface area contributed by atoms with Crippen LogP contribution in [-0.4, -0.2) is 121 Å². The number of aliphatic hydroxyl groups is 4. The van der Waals surface area contributed by atoms with E-state index >= 15 is 0 Å². The van der Waals surface area contributed by atoms with Gasteiger partial charge < -0.3 is 36.0 Å². The van der Waals surface area contributed by atoms with E-state index in [2.05, 4.69) is 32.1 Å². The Morgan fingerprint density at radius 2 is 1.29 bits per heavy atom. The van der Waals surface area contributed by atoms with Crippen LogP contribution in [0, 0.1) is 18.8 Å². The van der Waals surface area contributed by atoms with Crippen molar-refractivity contribution in [1.29, 1.82) is 0 Å². The molecule has 1 aliphatic rings. The Morgan fingerprint density at radius 3 is 1.84 bits per heavy atom. The minimum absolute atomic E-state index is 0.0143. The van der Waals surface area contributed by atoms with Crippen LogP contribution in [0.5, 0.6) is 11.5 Å². The molecule has 2 unspecified atom stereocenters. The average Bonchev–Trinajstić information content (AvgIpc) is 3.12. The van der Waals surface area contributed by atoms with Gasteiger partial charge >= 0.3 is 11.9 Å². The second kappa shape index (κ2) is 18.2. The van der Waals surface area contributed by atoms with E-state index in [-0.39, 0.29) is 27.5 Å². The van der Waals surface area contributed by atoms with Crippen LogP contribution in [0.2, 0.25) is 0 Å². The zero-order valence-electron chi connectivity index (χ0n) is 28.3. The van der Waals surface area contributed by atoms with Gasteiger partial charge in [0.1, 0.15) is 18.6 Å². The van der Waals surface area contributed by atoms with E-state index in [1.807, 2.05) is 37.3 Å². The molecule has 1 aliphatic heterocycles. The van der Waals surface area contributed by atoms with Gasteiger partial charge in [-0.1, -0.05) is 42.5 Å². The smallest absolute Gasteiger partial charge is 0.332 e. The number of carbonyl (C=O) groups excluding carboxylic acids is 1. The molecule has 0 aromatic heterocycles. The van der Waals surface area contributed by atoms with Gasteiger partial charge in [0.05, 0.1) is 16.9 Å². The normalized spacial score (nSPS) is 16.9. The van der Waals surface area contributed by atoms with Crippen molar-refractivity contribution in [2.75, 3.05) is 52.5 Å². The molecular weight excluding hydrogens is 630 g/mol. The van der Waals surface area contributed by atoms with Crippen molar-refractivity contribution in [3.63, 3.8) is 0 Å². The van der Waals surface area contributed by atoms with Crippen molar-refractivity contribution in [2.45, 2.75) is 58.8 Å². The quantitative estimate of drug-likeness (QED) is 0.110. The molecule has 0 radical (unpaired) electrons. The number of carbonyl (C=O) groups is 1. The number of nitroso groups, excluding NO2 is 1. The molecule has 266 valence electrons. The van der Waals surface area contributed by atoms with Gasteiger partial charge in [-0.15, -0.1) is 0 Å². The van der Waals surface area contributed by atoms with E-state index in [1.165, 1.54) is 11.6 Å². The van der Waals surface area contributed by atoms with E-state index in [1.54, 1.807) is 13.0 Å². The fourth-order valence-corrected chi connectivity index (χ4v) is 6.23. The first-order valence-corrected chi connectivity index (χ1v) is 16.7. The lowest BCUT2D eigenvalue weighted by Gasteiger charge is -2.28. The topological polar surface area (TPSA) is 180 Å². The van der Waals surface area contributed by atoms with Crippen LogP contribution in [0.3, 0.4) is 0 Å². The molecular formula is C36H50N5O8+. The Labute approximate surface area is 287 Å². The van der Waals surface area contributed by atoms with Crippen LogP contribution in [0.1, 0.15) is 51.0 Å². The van der Waals surface area contributed by atoms with Crippen molar-refractivity contribution in [1.82, 2.24) is 20.0 Å². The van der Waals surface area contributed by atoms with Crippen LogP contribution in [0.25, 0.3) is 0 Å². The molecule has 49 heavy (non-hydrogen) atoms. The number of hydrogen-bond acceptors (Lipinski definition) is 11. The summed E-state index contributed by atoms with van der Waals surface area (Å²) >= 11 is 0. The summed E-state index contributed by atoms with van der Waals surface area (Å²) in [5, 5.41) is 62.7. The number of rotatable bonds is 12. The third kappa shape index (κ3) is 10.8. The summed E-state index contributed by atoms with van der Waals surface area (Å²) < 4.78 is 0.217. The summed E-state index contributed by atoms with van der Waals surface area (Å²) in [5.74, 6) is -1.12. The molecule has 7 N–H and O–H groups in total. The standard InChI is InChI=1S/C36H49N5O8/c1-25-16-28(34(46)30(18-25)36(48)37-32(44)23-42)21-39-12-6-10-38(20-27-8-4-3-5-9-27)11-7-13-40(15-14-39)22-29-17-26(2)19-31(35(29)47)41(49)33(45)24-43/h3-5,8-9,16-19,32-33,42-45H,6-7,10-15,20-24H2,1-2H3,(H2-,37,46,47,48,49)/p+1. The third-order valence-corrected chi connectivity index (χ3v) is 8.70. The molecule has 1 amide bonds. The Balaban J connectivity index is 1.60. The van der Waals surface area contributed by atoms with Crippen molar-refractivity contribution in [2.24, 2.45) is 0 Å². The molecule has 1 saturated heterocycles. The lowest BCUT2D eigenvalue weighted by Crippen LogP contribution is -2.37. The molecule has 1 heterocycles. The van der Waals surface area contributed by atoms with E-state index in [0.717, 1.165) is 43.6 Å². The predicted molar refractivity (Wildman–Crippen MR) is 184 cm³/mol. The second-order valence-electron chi connectivity index (χ2n) is 12.8. The molecule has 0 spiro atoms. The summed E-state index contributed by atoms with van der Waals surface area (Å²) in [7, 11) is 0. The Hall–Kier alpha value is -3.95. The van der Waals surface area contributed by atoms with Crippen LogP contribution in [-0.2, 0) is 19.6 Å². The maximum atomic E-state index is 12.8. The molecule has 1 fully saturated rings. The van der Waals surface area contributed by atoms with Gasteiger partial charge in [-0.05, 0) is 75.6 Å². The number of phenols is 2. The van der Waals surface area contributed by atoms with Gasteiger partial charge in [0, 0.05) is 54.8 Å². The Bertz CT molecular complexity index is 1560. The number of aliphatic hydroxyl groups excluding tert-OH is 4. The number of hydrogen-bond donors (Lipinski definition) is 7. The number of aryl methyl sites for hydroxylation is 2. The zero-order valence-corrected chi connectivity index (χ0v) is 28.3. The van der Waals surface area contributed by atoms with Crippen LogP contribution >= 0.6 is 0 Å². The van der Waals surface area contributed by atoms with Crippen molar-refractivity contribution in [3.05, 3.63) is 92.9 Å². The fourth-order valence-electron chi connectivity index (χ4n) is 6.23. The highest BCUT2D eigenvalue weighted by atomic mass is 16.4. The van der Waals surface area contributed by atoms with Crippen LogP contribution in [0.4, 0.5) is 5.69 Å². The number of nitrogens with zero attached hydrogens (tertiary/aromatic N) is 4. The number of benzene rings is 3. The number of amides is 1. The highest BCUT2D eigenvalue weighted by molar-refractivity contribution is 5.97. The molecule has 0 bridgehead atoms. The van der Waals surface area contributed by atoms with Gasteiger partial charge in [0.15, 0.2) is 5.75 Å². The van der Waals surface area contributed by atoms with E-state index < -0.39 is 31.6 Å². The summed E-state index contributed by atoms with van der Waals surface area (Å²) in [6, 6.07) is 17.0. The first-order chi connectivity index (χ1) is 23.5. The zero-order chi connectivity index (χ0) is 35.5. The Kier molecular flexibility index (Phi) is 14.0. The molecule has 3 aromatic rings. The van der Waals surface area contributed by atoms with Crippen molar-refractivity contribution < 1.29 is 40.2 Å². The molecule has 3 aromatic carbocycles. The molecule has 2 atom stereocenters. The van der Waals surface area contributed by atoms with Crippen molar-refractivity contribution in [3.8, 4) is 11.5 Å². The fraction of sp³-hybridized carbons (Fsp3) is 0.472. The first kappa shape index (κ1) is 37.9. The highest BCUT2D eigenvalue weighted by Gasteiger charge is 2.30. The van der Waals surface area contributed by atoms with Crippen LogP contribution in [0.15, 0.2) is 54.6 Å². The lowest BCUT2D eigenvalue weighted by atomic mass is 10.0. The number of aromatic hydroxyl groups is 2. The van der Waals surface area contributed by atoms with E-state index in [0.29, 0.717) is 50.4 Å². The maximum Gasteiger partial charge on any atom is 0.332 e. The lowest BCUT2D eigenvalue weighted by molar-refractivity contribution is -0.559. The second-order valence-corrected chi connectivity index (χ2v) is 12.8. The molecule has 0 saturated carbocycles.